The molecule has 1 aliphatic rings. The van der Waals surface area contributed by atoms with Gasteiger partial charge in [0, 0.05) is 22.8 Å². The van der Waals surface area contributed by atoms with Gasteiger partial charge in [-0.3, -0.25) is 4.40 Å². The Kier molecular flexibility index (Phi) is 6.64. The second-order valence-corrected chi connectivity index (χ2v) is 9.42. The summed E-state index contributed by atoms with van der Waals surface area (Å²) < 4.78 is 13.3. The lowest BCUT2D eigenvalue weighted by Gasteiger charge is -2.24. The van der Waals surface area contributed by atoms with E-state index in [9.17, 15) is 4.79 Å². The monoisotopic (exact) mass is 489 g/mol. The van der Waals surface area contributed by atoms with Crippen molar-refractivity contribution in [2.45, 2.75) is 45.1 Å². The summed E-state index contributed by atoms with van der Waals surface area (Å²) in [4.78, 5) is 17.6. The van der Waals surface area contributed by atoms with E-state index in [0.29, 0.717) is 28.1 Å². The maximum atomic E-state index is 12.6. The molecule has 7 heteroatoms. The van der Waals surface area contributed by atoms with E-state index >= 15 is 0 Å². The number of imidazole rings is 1. The summed E-state index contributed by atoms with van der Waals surface area (Å²) in [5.74, 6) is 1.30. The van der Waals surface area contributed by atoms with Crippen molar-refractivity contribution in [3.63, 3.8) is 0 Å². The van der Waals surface area contributed by atoms with Gasteiger partial charge in [0.1, 0.15) is 17.2 Å². The molecule has 0 bridgehead atoms. The van der Waals surface area contributed by atoms with Crippen molar-refractivity contribution in [1.82, 2.24) is 9.38 Å². The molecule has 0 atom stereocenters. The SMILES string of the molecule is COc1cc(-c2nc3cc(C)ccn3c2NC2CCCCC2)ccc1OC(=O)c1ccc(Cl)cc1. The first-order valence-electron chi connectivity index (χ1n) is 11.9. The zero-order chi connectivity index (χ0) is 24.4. The number of carbonyl (C=O) groups excluding carboxylic acids is 1. The fourth-order valence-corrected chi connectivity index (χ4v) is 4.70. The highest BCUT2D eigenvalue weighted by Gasteiger charge is 2.21. The van der Waals surface area contributed by atoms with Crippen LogP contribution >= 0.6 is 11.6 Å². The number of nitrogens with zero attached hydrogens (tertiary/aromatic N) is 2. The average Bonchev–Trinajstić information content (AvgIpc) is 3.22. The largest absolute Gasteiger partial charge is 0.493 e. The molecular weight excluding hydrogens is 462 g/mol. The van der Waals surface area contributed by atoms with Crippen molar-refractivity contribution in [3.8, 4) is 22.8 Å². The molecule has 0 unspecified atom stereocenters. The molecule has 1 N–H and O–H groups in total. The first-order chi connectivity index (χ1) is 17.0. The number of aryl methyl sites for hydroxylation is 1. The van der Waals surface area contributed by atoms with Gasteiger partial charge >= 0.3 is 5.97 Å². The van der Waals surface area contributed by atoms with Gasteiger partial charge < -0.3 is 14.8 Å². The van der Waals surface area contributed by atoms with Gasteiger partial charge in [-0.2, -0.15) is 0 Å². The summed E-state index contributed by atoms with van der Waals surface area (Å²) in [6, 6.07) is 16.7. The quantitative estimate of drug-likeness (QED) is 0.235. The minimum atomic E-state index is -0.476. The van der Waals surface area contributed by atoms with Crippen LogP contribution in [0, 0.1) is 6.92 Å². The van der Waals surface area contributed by atoms with Crippen LogP contribution in [0.15, 0.2) is 60.8 Å². The van der Waals surface area contributed by atoms with Crippen molar-refractivity contribution < 1.29 is 14.3 Å². The van der Waals surface area contributed by atoms with E-state index in [1.54, 1.807) is 37.4 Å². The number of anilines is 1. The Balaban J connectivity index is 1.49. The highest BCUT2D eigenvalue weighted by atomic mass is 35.5. The Bertz CT molecular complexity index is 1360. The molecule has 1 saturated carbocycles. The van der Waals surface area contributed by atoms with Crippen molar-refractivity contribution in [2.24, 2.45) is 0 Å². The Hall–Kier alpha value is -3.51. The molecule has 0 amide bonds. The minimum Gasteiger partial charge on any atom is -0.493 e. The number of nitrogens with one attached hydrogen (secondary N) is 1. The van der Waals surface area contributed by atoms with E-state index in [1.165, 1.54) is 19.3 Å². The number of hydrogen-bond acceptors (Lipinski definition) is 5. The molecule has 1 fully saturated rings. The number of fused-ring (bicyclic) bond motifs is 1. The number of halogens is 1. The molecular formula is C28H28ClN3O3. The van der Waals surface area contributed by atoms with Crippen LogP contribution in [0.3, 0.4) is 0 Å². The second kappa shape index (κ2) is 10.0. The van der Waals surface area contributed by atoms with Crippen LogP contribution < -0.4 is 14.8 Å². The normalized spacial score (nSPS) is 14.1. The third-order valence-electron chi connectivity index (χ3n) is 6.45. The lowest BCUT2D eigenvalue weighted by atomic mass is 9.95. The highest BCUT2D eigenvalue weighted by Crippen LogP contribution is 2.37. The summed E-state index contributed by atoms with van der Waals surface area (Å²) >= 11 is 5.93. The minimum absolute atomic E-state index is 0.345. The van der Waals surface area contributed by atoms with Crippen LogP contribution in [0.25, 0.3) is 16.9 Å². The molecule has 0 aliphatic heterocycles. The van der Waals surface area contributed by atoms with E-state index < -0.39 is 5.97 Å². The van der Waals surface area contributed by atoms with Gasteiger partial charge in [0.25, 0.3) is 0 Å². The number of methoxy groups -OCH3 is 1. The van der Waals surface area contributed by atoms with Crippen molar-refractivity contribution in [3.05, 3.63) is 76.9 Å². The zero-order valence-electron chi connectivity index (χ0n) is 19.9. The maximum absolute atomic E-state index is 12.6. The Labute approximate surface area is 209 Å². The Morgan fingerprint density at radius 1 is 1.03 bits per heavy atom. The number of carbonyl (C=O) groups is 1. The first kappa shape index (κ1) is 23.2. The molecule has 6 nitrogen and oxygen atoms in total. The van der Waals surface area contributed by atoms with Gasteiger partial charge in [0.05, 0.1) is 12.7 Å². The van der Waals surface area contributed by atoms with Gasteiger partial charge in [-0.15, -0.1) is 0 Å². The Morgan fingerprint density at radius 3 is 2.54 bits per heavy atom. The van der Waals surface area contributed by atoms with E-state index in [-0.39, 0.29) is 0 Å². The van der Waals surface area contributed by atoms with Crippen molar-refractivity contribution in [1.29, 1.82) is 0 Å². The van der Waals surface area contributed by atoms with Crippen LogP contribution in [-0.4, -0.2) is 28.5 Å². The molecule has 0 radical (unpaired) electrons. The van der Waals surface area contributed by atoms with E-state index in [0.717, 1.165) is 41.1 Å². The smallest absolute Gasteiger partial charge is 0.343 e. The highest BCUT2D eigenvalue weighted by molar-refractivity contribution is 6.30. The van der Waals surface area contributed by atoms with Gasteiger partial charge in [0.15, 0.2) is 11.5 Å². The van der Waals surface area contributed by atoms with Crippen LogP contribution in [0.5, 0.6) is 11.5 Å². The summed E-state index contributed by atoms with van der Waals surface area (Å²) in [5.41, 5.74) is 4.17. The van der Waals surface area contributed by atoms with Gasteiger partial charge in [-0.05, 0) is 79.9 Å². The summed E-state index contributed by atoms with van der Waals surface area (Å²) in [5, 5.41) is 4.32. The van der Waals surface area contributed by atoms with Crippen LogP contribution in [0.2, 0.25) is 5.02 Å². The topological polar surface area (TPSA) is 64.9 Å². The van der Waals surface area contributed by atoms with Crippen molar-refractivity contribution in [2.75, 3.05) is 12.4 Å². The number of benzene rings is 2. The second-order valence-electron chi connectivity index (χ2n) is 8.98. The Morgan fingerprint density at radius 2 is 1.80 bits per heavy atom. The fourth-order valence-electron chi connectivity index (χ4n) is 4.57. The molecule has 5 rings (SSSR count). The molecule has 2 aromatic carbocycles. The first-order valence-corrected chi connectivity index (χ1v) is 12.3. The van der Waals surface area contributed by atoms with Crippen LogP contribution in [0.1, 0.15) is 48.0 Å². The predicted octanol–water partition coefficient (Wildman–Crippen LogP) is 6.94. The molecule has 180 valence electrons. The van der Waals surface area contributed by atoms with Gasteiger partial charge in [0.2, 0.25) is 0 Å². The molecule has 2 aromatic heterocycles. The number of aromatic nitrogens is 2. The molecule has 4 aromatic rings. The zero-order valence-corrected chi connectivity index (χ0v) is 20.6. The van der Waals surface area contributed by atoms with Gasteiger partial charge in [-0.1, -0.05) is 30.9 Å². The maximum Gasteiger partial charge on any atom is 0.343 e. The number of pyridine rings is 1. The molecule has 0 spiro atoms. The predicted molar refractivity (Wildman–Crippen MR) is 139 cm³/mol. The van der Waals surface area contributed by atoms with E-state index in [2.05, 4.69) is 35.0 Å². The standard InChI is InChI=1S/C28H28ClN3O3/c1-18-14-15-32-25(16-18)31-26(27(32)30-22-6-4-3-5-7-22)20-10-13-23(24(17-20)34-2)35-28(33)19-8-11-21(29)12-9-19/h8-17,22,30H,3-7H2,1-2H3. The molecule has 2 heterocycles. The third kappa shape index (κ3) is 4.98. The molecule has 1 aliphatic carbocycles. The van der Waals surface area contributed by atoms with Gasteiger partial charge in [-0.25, -0.2) is 9.78 Å². The lowest BCUT2D eigenvalue weighted by molar-refractivity contribution is 0.0729. The molecule has 35 heavy (non-hydrogen) atoms. The van der Waals surface area contributed by atoms with Crippen LogP contribution in [-0.2, 0) is 0 Å². The average molecular weight is 490 g/mol. The summed E-state index contributed by atoms with van der Waals surface area (Å²) in [6.07, 6.45) is 8.15. The fraction of sp³-hybridized carbons (Fsp3) is 0.286. The summed E-state index contributed by atoms with van der Waals surface area (Å²) in [7, 11) is 1.56. The van der Waals surface area contributed by atoms with Crippen molar-refractivity contribution >= 4 is 29.0 Å². The van der Waals surface area contributed by atoms with Crippen LogP contribution in [0.4, 0.5) is 5.82 Å². The molecule has 0 saturated heterocycles. The number of hydrogen-bond donors (Lipinski definition) is 1. The number of rotatable bonds is 6. The van der Waals surface area contributed by atoms with E-state index in [4.69, 9.17) is 26.1 Å². The summed E-state index contributed by atoms with van der Waals surface area (Å²) in [6.45, 7) is 2.06. The lowest BCUT2D eigenvalue weighted by Crippen LogP contribution is -2.23. The third-order valence-corrected chi connectivity index (χ3v) is 6.70. The number of esters is 1. The van der Waals surface area contributed by atoms with E-state index in [1.807, 2.05) is 12.1 Å². The number of ether oxygens (including phenoxy) is 2.